The highest BCUT2D eigenvalue weighted by molar-refractivity contribution is 7.89. The number of hydrogen-bond donors (Lipinski definition) is 1. The molecular formula is C15H26N2O4S. The molecule has 0 saturated carbocycles. The molecule has 126 valence electrons. The first kappa shape index (κ1) is 18.7. The molecule has 0 aliphatic heterocycles. The van der Waals surface area contributed by atoms with E-state index in [1.54, 1.807) is 32.4 Å². The predicted molar refractivity (Wildman–Crippen MR) is 85.5 cm³/mol. The van der Waals surface area contributed by atoms with Crippen LogP contribution in [0.4, 0.5) is 0 Å². The van der Waals surface area contributed by atoms with E-state index in [0.717, 1.165) is 0 Å². The van der Waals surface area contributed by atoms with Crippen molar-refractivity contribution in [2.24, 2.45) is 7.05 Å². The maximum atomic E-state index is 12.7. The molecule has 6 nitrogen and oxygen atoms in total. The molecule has 0 bridgehead atoms. The SMILES string of the molecule is CCOC(=O)c1c(C)c(S(=O)(=O)NC(C)(C)CC)c(C)n1C. The molecule has 1 rings (SSSR count). The number of nitrogens with one attached hydrogen (secondary N) is 1. The first-order valence-corrected chi connectivity index (χ1v) is 8.83. The van der Waals surface area contributed by atoms with Crippen LogP contribution < -0.4 is 4.72 Å². The number of nitrogens with zero attached hydrogens (tertiary/aromatic N) is 1. The molecule has 0 aliphatic rings. The monoisotopic (exact) mass is 330 g/mol. The van der Waals surface area contributed by atoms with Gasteiger partial charge in [0.2, 0.25) is 10.0 Å². The summed E-state index contributed by atoms with van der Waals surface area (Å²) >= 11 is 0. The predicted octanol–water partition coefficient (Wildman–Crippen LogP) is 2.29. The Labute approximate surface area is 132 Å². The minimum absolute atomic E-state index is 0.152. The summed E-state index contributed by atoms with van der Waals surface area (Å²) in [6, 6.07) is 0. The highest BCUT2D eigenvalue weighted by atomic mass is 32.2. The first-order valence-electron chi connectivity index (χ1n) is 7.35. The van der Waals surface area contributed by atoms with Gasteiger partial charge >= 0.3 is 5.97 Å². The zero-order valence-electron chi connectivity index (χ0n) is 14.4. The lowest BCUT2D eigenvalue weighted by atomic mass is 10.0. The normalized spacial score (nSPS) is 12.5. The van der Waals surface area contributed by atoms with Crippen molar-refractivity contribution >= 4 is 16.0 Å². The van der Waals surface area contributed by atoms with Gasteiger partial charge in [-0.05, 0) is 41.0 Å². The molecule has 7 heteroatoms. The van der Waals surface area contributed by atoms with Crippen molar-refractivity contribution in [3.05, 3.63) is 17.0 Å². The molecule has 0 saturated heterocycles. The molecular weight excluding hydrogens is 304 g/mol. The Morgan fingerprint density at radius 1 is 1.27 bits per heavy atom. The third kappa shape index (κ3) is 3.52. The van der Waals surface area contributed by atoms with Crippen LogP contribution in [0.15, 0.2) is 4.90 Å². The van der Waals surface area contributed by atoms with Crippen molar-refractivity contribution in [3.63, 3.8) is 0 Å². The summed E-state index contributed by atoms with van der Waals surface area (Å²) in [5.41, 5.74) is 0.643. The van der Waals surface area contributed by atoms with Crippen LogP contribution in [0.3, 0.4) is 0 Å². The van der Waals surface area contributed by atoms with Crippen molar-refractivity contribution in [3.8, 4) is 0 Å². The summed E-state index contributed by atoms with van der Waals surface area (Å²) in [6.07, 6.45) is 0.655. The number of rotatable bonds is 6. The fraction of sp³-hybridized carbons (Fsp3) is 0.667. The van der Waals surface area contributed by atoms with Crippen LogP contribution >= 0.6 is 0 Å². The number of hydrogen-bond acceptors (Lipinski definition) is 4. The van der Waals surface area contributed by atoms with Gasteiger partial charge in [-0.15, -0.1) is 0 Å². The molecule has 0 amide bonds. The van der Waals surface area contributed by atoms with Crippen molar-refractivity contribution in [2.75, 3.05) is 6.61 Å². The van der Waals surface area contributed by atoms with Crippen LogP contribution in [0.25, 0.3) is 0 Å². The highest BCUT2D eigenvalue weighted by Crippen LogP contribution is 2.27. The summed E-state index contributed by atoms with van der Waals surface area (Å²) in [7, 11) is -2.05. The molecule has 0 aliphatic carbocycles. The van der Waals surface area contributed by atoms with E-state index >= 15 is 0 Å². The van der Waals surface area contributed by atoms with Crippen LogP contribution in [0.1, 0.15) is 55.9 Å². The molecule has 1 N–H and O–H groups in total. The third-order valence-corrected chi connectivity index (χ3v) is 5.86. The van der Waals surface area contributed by atoms with Gasteiger partial charge in [0.25, 0.3) is 0 Å². The smallest absolute Gasteiger partial charge is 0.355 e. The molecule has 1 aromatic rings. The summed E-state index contributed by atoms with van der Waals surface area (Å²) < 4.78 is 34.7. The quantitative estimate of drug-likeness (QED) is 0.812. The van der Waals surface area contributed by atoms with E-state index in [9.17, 15) is 13.2 Å². The molecule has 22 heavy (non-hydrogen) atoms. The first-order chi connectivity index (χ1) is 9.98. The Kier molecular flexibility index (Phi) is 5.46. The Balaban J connectivity index is 3.44. The van der Waals surface area contributed by atoms with E-state index in [1.807, 2.05) is 20.8 Å². The summed E-state index contributed by atoms with van der Waals surface area (Å²) in [4.78, 5) is 12.2. The minimum atomic E-state index is -3.72. The average Bonchev–Trinajstić information content (AvgIpc) is 2.59. The van der Waals surface area contributed by atoms with Crippen LogP contribution in [-0.4, -0.2) is 31.1 Å². The van der Waals surface area contributed by atoms with Crippen LogP contribution in [0.2, 0.25) is 0 Å². The topological polar surface area (TPSA) is 77.4 Å². The maximum Gasteiger partial charge on any atom is 0.355 e. The lowest BCUT2D eigenvalue weighted by Gasteiger charge is -2.24. The number of carbonyl (C=O) groups is 1. The fourth-order valence-electron chi connectivity index (χ4n) is 2.32. The van der Waals surface area contributed by atoms with Crippen molar-refractivity contribution in [1.29, 1.82) is 0 Å². The molecule has 0 unspecified atom stereocenters. The van der Waals surface area contributed by atoms with Crippen LogP contribution in [0.5, 0.6) is 0 Å². The van der Waals surface area contributed by atoms with E-state index in [-0.39, 0.29) is 17.2 Å². The fourth-order valence-corrected chi connectivity index (χ4v) is 4.32. The van der Waals surface area contributed by atoms with Crippen LogP contribution in [0, 0.1) is 13.8 Å². The Hall–Kier alpha value is -1.34. The van der Waals surface area contributed by atoms with Gasteiger partial charge in [0.15, 0.2) is 0 Å². The summed E-state index contributed by atoms with van der Waals surface area (Å²) in [6.45, 7) is 10.8. The molecule has 1 aromatic heterocycles. The van der Waals surface area contributed by atoms with E-state index in [0.29, 0.717) is 17.7 Å². The average molecular weight is 330 g/mol. The molecule has 0 radical (unpaired) electrons. The van der Waals surface area contributed by atoms with E-state index in [4.69, 9.17) is 4.74 Å². The Morgan fingerprint density at radius 3 is 2.27 bits per heavy atom. The van der Waals surface area contributed by atoms with Crippen molar-refractivity contribution in [2.45, 2.75) is 58.4 Å². The molecule has 0 atom stereocenters. The summed E-state index contributed by atoms with van der Waals surface area (Å²) in [5.74, 6) is -0.512. The van der Waals surface area contributed by atoms with Gasteiger partial charge in [-0.2, -0.15) is 0 Å². The standard InChI is InChI=1S/C15H26N2O4S/c1-8-15(5,6)16-22(19,20)13-10(3)12(14(18)21-9-2)17(7)11(13)4/h16H,8-9H2,1-7H3. The maximum absolute atomic E-state index is 12.7. The third-order valence-electron chi connectivity index (χ3n) is 3.89. The van der Waals surface area contributed by atoms with E-state index < -0.39 is 21.5 Å². The number of sulfonamides is 1. The molecule has 0 fully saturated rings. The van der Waals surface area contributed by atoms with Gasteiger partial charge in [0, 0.05) is 23.8 Å². The molecule has 0 aromatic carbocycles. The second-order valence-electron chi connectivity index (χ2n) is 6.01. The van der Waals surface area contributed by atoms with Gasteiger partial charge in [-0.1, -0.05) is 6.92 Å². The number of aromatic nitrogens is 1. The lowest BCUT2D eigenvalue weighted by molar-refractivity contribution is 0.0514. The zero-order chi connectivity index (χ0) is 17.3. The molecule has 1 heterocycles. The van der Waals surface area contributed by atoms with Gasteiger partial charge in [0.05, 0.1) is 6.61 Å². The lowest BCUT2D eigenvalue weighted by Crippen LogP contribution is -2.43. The minimum Gasteiger partial charge on any atom is -0.461 e. The van der Waals surface area contributed by atoms with Crippen molar-refractivity contribution in [1.82, 2.24) is 9.29 Å². The van der Waals surface area contributed by atoms with Gasteiger partial charge in [-0.25, -0.2) is 17.9 Å². The molecule has 0 spiro atoms. The van der Waals surface area contributed by atoms with Gasteiger partial charge in [0.1, 0.15) is 10.6 Å². The summed E-state index contributed by atoms with van der Waals surface area (Å²) in [5, 5.41) is 0. The van der Waals surface area contributed by atoms with Gasteiger partial charge in [-0.3, -0.25) is 0 Å². The highest BCUT2D eigenvalue weighted by Gasteiger charge is 2.32. The van der Waals surface area contributed by atoms with Gasteiger partial charge < -0.3 is 9.30 Å². The zero-order valence-corrected chi connectivity index (χ0v) is 15.2. The van der Waals surface area contributed by atoms with Crippen LogP contribution in [-0.2, 0) is 21.8 Å². The van der Waals surface area contributed by atoms with E-state index in [2.05, 4.69) is 4.72 Å². The second kappa shape index (κ2) is 6.42. The number of esters is 1. The Morgan fingerprint density at radius 2 is 1.82 bits per heavy atom. The number of carbonyl (C=O) groups excluding carboxylic acids is 1. The van der Waals surface area contributed by atoms with Crippen molar-refractivity contribution < 1.29 is 17.9 Å². The Bertz CT molecular complexity index is 672. The second-order valence-corrected chi connectivity index (χ2v) is 7.63. The number of ether oxygens (including phenoxy) is 1. The largest absolute Gasteiger partial charge is 0.461 e. The van der Waals surface area contributed by atoms with E-state index in [1.165, 1.54) is 0 Å².